The zero-order valence-corrected chi connectivity index (χ0v) is 18.8. The summed E-state index contributed by atoms with van der Waals surface area (Å²) in [6.07, 6.45) is 0. The van der Waals surface area contributed by atoms with E-state index in [2.05, 4.69) is 53.2 Å². The summed E-state index contributed by atoms with van der Waals surface area (Å²) in [6, 6.07) is 7.05. The molecule has 3 aromatic rings. The molecule has 0 unspecified atom stereocenters. The maximum Gasteiger partial charge on any atom is 0.234 e. The van der Waals surface area contributed by atoms with E-state index in [0.29, 0.717) is 11.3 Å². The average Bonchev–Trinajstić information content (AvgIpc) is 3.24. The number of hydrogen-bond acceptors (Lipinski definition) is 6. The fourth-order valence-electron chi connectivity index (χ4n) is 2.87. The summed E-state index contributed by atoms with van der Waals surface area (Å²) < 4.78 is 2.08. The molecular formula is C21H24N4O2S2. The van der Waals surface area contributed by atoms with Gasteiger partial charge >= 0.3 is 0 Å². The second-order valence-corrected chi connectivity index (χ2v) is 9.10. The van der Waals surface area contributed by atoms with Crippen LogP contribution in [0.1, 0.15) is 47.6 Å². The second kappa shape index (κ2) is 8.92. The molecule has 1 aromatic carbocycles. The first-order valence-corrected chi connectivity index (χ1v) is 11.2. The fraction of sp³-hybridized carbons (Fsp3) is 0.333. The lowest BCUT2D eigenvalue weighted by Crippen LogP contribution is -2.15. The molecule has 0 bridgehead atoms. The Morgan fingerprint density at radius 1 is 1.17 bits per heavy atom. The van der Waals surface area contributed by atoms with Crippen molar-refractivity contribution in [1.29, 1.82) is 0 Å². The highest BCUT2D eigenvalue weighted by Gasteiger charge is 2.20. The summed E-state index contributed by atoms with van der Waals surface area (Å²) in [5.41, 5.74) is 3.59. The Bertz CT molecular complexity index is 1040. The number of nitrogens with one attached hydrogen (secondary N) is 1. The molecule has 8 heteroatoms. The molecule has 0 spiro atoms. The van der Waals surface area contributed by atoms with E-state index in [4.69, 9.17) is 0 Å². The van der Waals surface area contributed by atoms with E-state index in [1.54, 1.807) is 35.6 Å². The maximum absolute atomic E-state index is 12.4. The van der Waals surface area contributed by atoms with Crippen molar-refractivity contribution in [2.45, 2.75) is 45.8 Å². The van der Waals surface area contributed by atoms with Crippen molar-refractivity contribution in [3.63, 3.8) is 0 Å². The van der Waals surface area contributed by atoms with Gasteiger partial charge in [0.2, 0.25) is 5.91 Å². The van der Waals surface area contributed by atoms with Gasteiger partial charge in [0, 0.05) is 33.1 Å². The van der Waals surface area contributed by atoms with E-state index in [0.717, 1.165) is 16.5 Å². The minimum Gasteiger partial charge on any atom is -0.325 e. The van der Waals surface area contributed by atoms with Crippen molar-refractivity contribution in [1.82, 2.24) is 14.8 Å². The molecule has 0 saturated carbocycles. The van der Waals surface area contributed by atoms with Gasteiger partial charge in [-0.1, -0.05) is 11.8 Å². The number of aryl methyl sites for hydroxylation is 1. The molecule has 2 heterocycles. The highest BCUT2D eigenvalue weighted by molar-refractivity contribution is 7.99. The number of carbonyl (C=O) groups excluding carboxylic acids is 2. The molecule has 0 radical (unpaired) electrons. The Hall–Kier alpha value is -2.45. The zero-order chi connectivity index (χ0) is 21.1. The number of amides is 1. The number of anilines is 1. The van der Waals surface area contributed by atoms with Crippen LogP contribution in [0.5, 0.6) is 0 Å². The van der Waals surface area contributed by atoms with Crippen LogP contribution < -0.4 is 5.32 Å². The van der Waals surface area contributed by atoms with Crippen LogP contribution >= 0.6 is 23.1 Å². The van der Waals surface area contributed by atoms with E-state index in [1.807, 2.05) is 0 Å². The van der Waals surface area contributed by atoms with Crippen LogP contribution in [0.2, 0.25) is 0 Å². The zero-order valence-electron chi connectivity index (χ0n) is 17.1. The lowest BCUT2D eigenvalue weighted by molar-refractivity contribution is -0.113. The third-order valence-corrected chi connectivity index (χ3v) is 6.57. The quantitative estimate of drug-likeness (QED) is 0.417. The summed E-state index contributed by atoms with van der Waals surface area (Å²) in [6.45, 7) is 9.88. The van der Waals surface area contributed by atoms with Gasteiger partial charge in [0.25, 0.3) is 0 Å². The molecular weight excluding hydrogens is 404 g/mol. The fourth-order valence-corrected chi connectivity index (χ4v) is 4.61. The standard InChI is InChI=1S/C21H24N4O2S2/c1-12(2)25-20(18-10-28-15(5)13(18)3)23-24-21(25)29-11-19(27)22-17-8-6-16(7-9-17)14(4)26/h6-10,12H,11H2,1-5H3,(H,22,27). The number of ketones is 1. The highest BCUT2D eigenvalue weighted by Crippen LogP contribution is 2.33. The number of benzene rings is 1. The van der Waals surface area contributed by atoms with Gasteiger partial charge in [-0.3, -0.25) is 14.2 Å². The summed E-state index contributed by atoms with van der Waals surface area (Å²) in [4.78, 5) is 25.0. The molecule has 1 N–H and O–H groups in total. The van der Waals surface area contributed by atoms with Crippen molar-refractivity contribution in [2.75, 3.05) is 11.1 Å². The largest absolute Gasteiger partial charge is 0.325 e. The number of hydrogen-bond donors (Lipinski definition) is 1. The van der Waals surface area contributed by atoms with E-state index in [9.17, 15) is 9.59 Å². The van der Waals surface area contributed by atoms with Gasteiger partial charge in [0.1, 0.15) is 0 Å². The maximum atomic E-state index is 12.4. The minimum atomic E-state index is -0.131. The summed E-state index contributed by atoms with van der Waals surface area (Å²) in [5.74, 6) is 0.928. The van der Waals surface area contributed by atoms with Gasteiger partial charge in [-0.15, -0.1) is 21.5 Å². The molecule has 6 nitrogen and oxygen atoms in total. The number of thiophene rings is 1. The lowest BCUT2D eigenvalue weighted by atomic mass is 10.1. The third kappa shape index (κ3) is 4.76. The topological polar surface area (TPSA) is 76.9 Å². The molecule has 0 atom stereocenters. The van der Waals surface area contributed by atoms with Gasteiger partial charge < -0.3 is 5.32 Å². The van der Waals surface area contributed by atoms with Crippen LogP contribution in [0.15, 0.2) is 34.8 Å². The number of aromatic nitrogens is 3. The van der Waals surface area contributed by atoms with Crippen LogP contribution in [0.4, 0.5) is 5.69 Å². The van der Waals surface area contributed by atoms with Crippen molar-refractivity contribution in [2.24, 2.45) is 0 Å². The van der Waals surface area contributed by atoms with E-state index in [-0.39, 0.29) is 23.5 Å². The number of carbonyl (C=O) groups is 2. The van der Waals surface area contributed by atoms with E-state index >= 15 is 0 Å². The number of rotatable bonds is 7. The van der Waals surface area contributed by atoms with Crippen molar-refractivity contribution < 1.29 is 9.59 Å². The summed E-state index contributed by atoms with van der Waals surface area (Å²) >= 11 is 3.07. The van der Waals surface area contributed by atoms with E-state index in [1.165, 1.54) is 29.1 Å². The van der Waals surface area contributed by atoms with Crippen molar-refractivity contribution >= 4 is 40.5 Å². The van der Waals surface area contributed by atoms with Gasteiger partial charge in [0.15, 0.2) is 16.8 Å². The Morgan fingerprint density at radius 2 is 1.86 bits per heavy atom. The first-order valence-electron chi connectivity index (χ1n) is 9.31. The molecule has 0 aliphatic heterocycles. The Morgan fingerprint density at radius 3 is 2.41 bits per heavy atom. The molecule has 0 saturated heterocycles. The summed E-state index contributed by atoms with van der Waals surface area (Å²) in [7, 11) is 0. The van der Waals surface area contributed by atoms with Gasteiger partial charge in [-0.25, -0.2) is 0 Å². The average molecular weight is 429 g/mol. The highest BCUT2D eigenvalue weighted by atomic mass is 32.2. The molecule has 1 amide bonds. The van der Waals surface area contributed by atoms with Gasteiger partial charge in [-0.05, 0) is 64.4 Å². The van der Waals surface area contributed by atoms with Crippen LogP contribution in [-0.4, -0.2) is 32.2 Å². The molecule has 0 aliphatic carbocycles. The molecule has 0 fully saturated rings. The van der Waals surface area contributed by atoms with Crippen molar-refractivity contribution in [3.8, 4) is 11.4 Å². The number of nitrogens with zero attached hydrogens (tertiary/aromatic N) is 3. The Labute approximate surface area is 178 Å². The van der Waals surface area contributed by atoms with Crippen LogP contribution in [0.25, 0.3) is 11.4 Å². The first kappa shape index (κ1) is 21.3. The smallest absolute Gasteiger partial charge is 0.234 e. The first-order chi connectivity index (χ1) is 13.8. The Balaban J connectivity index is 1.71. The molecule has 29 heavy (non-hydrogen) atoms. The lowest BCUT2D eigenvalue weighted by Gasteiger charge is -2.13. The minimum absolute atomic E-state index is 0.00156. The van der Waals surface area contributed by atoms with Crippen molar-refractivity contribution in [3.05, 3.63) is 45.6 Å². The molecule has 3 rings (SSSR count). The molecule has 152 valence electrons. The van der Waals surface area contributed by atoms with Crippen LogP contribution in [0, 0.1) is 13.8 Å². The number of Topliss-reactive ketones (excluding diaryl/α,β-unsaturated/α-hetero) is 1. The monoisotopic (exact) mass is 428 g/mol. The van der Waals surface area contributed by atoms with E-state index < -0.39 is 0 Å². The van der Waals surface area contributed by atoms with Gasteiger partial charge in [0.05, 0.1) is 5.75 Å². The summed E-state index contributed by atoms with van der Waals surface area (Å²) in [5, 5.41) is 14.4. The molecule has 2 aromatic heterocycles. The van der Waals surface area contributed by atoms with Gasteiger partial charge in [-0.2, -0.15) is 0 Å². The second-order valence-electron chi connectivity index (χ2n) is 7.07. The van der Waals surface area contributed by atoms with Crippen LogP contribution in [-0.2, 0) is 4.79 Å². The predicted octanol–water partition coefficient (Wildman–Crippen LogP) is 5.14. The Kier molecular flexibility index (Phi) is 6.54. The molecule has 0 aliphatic rings. The SMILES string of the molecule is CC(=O)c1ccc(NC(=O)CSc2nnc(-c3csc(C)c3C)n2C(C)C)cc1. The number of thioether (sulfide) groups is 1. The predicted molar refractivity (Wildman–Crippen MR) is 119 cm³/mol. The van der Waals surface area contributed by atoms with Crippen LogP contribution in [0.3, 0.4) is 0 Å². The normalized spacial score (nSPS) is 11.1. The third-order valence-electron chi connectivity index (χ3n) is 4.62.